The summed E-state index contributed by atoms with van der Waals surface area (Å²) in [6, 6.07) is 12.6. The molecule has 1 aromatic heterocycles. The number of halogens is 1. The average molecular weight is 410 g/mol. The van der Waals surface area contributed by atoms with E-state index in [0.717, 1.165) is 22.2 Å². The molecule has 2 N–H and O–H groups in total. The largest absolute Gasteiger partial charge is 0.350 e. The topological polar surface area (TPSA) is 38.5 Å². The smallest absolute Gasteiger partial charge is 0.279 e. The number of hydrogen-bond acceptors (Lipinski definition) is 1. The maximum atomic E-state index is 12.4. The third-order valence-corrected chi connectivity index (χ3v) is 5.30. The molecule has 0 radical (unpaired) electrons. The molecule has 1 amide bonds. The van der Waals surface area contributed by atoms with Gasteiger partial charge in [-0.2, -0.15) is 0 Å². The molecule has 0 bridgehead atoms. The van der Waals surface area contributed by atoms with E-state index in [4.69, 9.17) is 0 Å². The summed E-state index contributed by atoms with van der Waals surface area (Å²) < 4.78 is 3.25. The predicted octanol–water partition coefficient (Wildman–Crippen LogP) is 1.99. The van der Waals surface area contributed by atoms with E-state index < -0.39 is 0 Å². The van der Waals surface area contributed by atoms with E-state index in [1.54, 1.807) is 0 Å². The van der Waals surface area contributed by atoms with Crippen molar-refractivity contribution in [3.05, 3.63) is 51.9 Å². The Balaban J connectivity index is 1.66. The number of quaternary nitrogens is 1. The maximum Gasteiger partial charge on any atom is 0.279 e. The number of aryl methyl sites for hydroxylation is 1. The zero-order valence-electron chi connectivity index (χ0n) is 12.7. The molecule has 1 unspecified atom stereocenters. The number of aromatic nitrogens is 1. The van der Waals surface area contributed by atoms with Gasteiger partial charge in [0.1, 0.15) is 6.04 Å². The molecule has 0 saturated carbocycles. The van der Waals surface area contributed by atoms with Crippen LogP contribution in [0.25, 0.3) is 0 Å². The lowest BCUT2D eigenvalue weighted by molar-refractivity contribution is -0.910. The van der Waals surface area contributed by atoms with Gasteiger partial charge in [-0.15, -0.1) is 0 Å². The first kappa shape index (κ1) is 15.6. The van der Waals surface area contributed by atoms with E-state index in [2.05, 4.69) is 57.9 Å². The van der Waals surface area contributed by atoms with Crippen LogP contribution in [-0.4, -0.2) is 23.6 Å². The fraction of sp³-hybridized carbons (Fsp3) is 0.353. The fourth-order valence-electron chi connectivity index (χ4n) is 3.28. The maximum absolute atomic E-state index is 12.4. The van der Waals surface area contributed by atoms with Crippen molar-refractivity contribution in [1.82, 2.24) is 4.57 Å². The molecule has 2 aromatic rings. The summed E-state index contributed by atoms with van der Waals surface area (Å²) in [6.45, 7) is 1.59. The highest BCUT2D eigenvalue weighted by Crippen LogP contribution is 2.19. The molecule has 0 aliphatic carbocycles. The summed E-state index contributed by atoms with van der Waals surface area (Å²) in [6.07, 6.45) is 4.42. The second-order valence-corrected chi connectivity index (χ2v) is 7.01. The first-order valence-electron chi connectivity index (χ1n) is 7.65. The number of rotatable bonds is 4. The SMILES string of the molecule is Cn1cccc1[C@H]1CCC[NH+]1CC(=O)Nc1ccccc1I. The Morgan fingerprint density at radius 1 is 1.36 bits per heavy atom. The Hall–Kier alpha value is -1.34. The van der Waals surface area contributed by atoms with Crippen molar-refractivity contribution in [3.63, 3.8) is 0 Å². The molecular formula is C17H21IN3O+. The van der Waals surface area contributed by atoms with Crippen molar-refractivity contribution in [2.75, 3.05) is 18.4 Å². The Bertz CT molecular complexity index is 667. The number of para-hydroxylation sites is 1. The van der Waals surface area contributed by atoms with Gasteiger partial charge in [-0.3, -0.25) is 4.79 Å². The minimum absolute atomic E-state index is 0.0974. The molecular weight excluding hydrogens is 389 g/mol. The van der Waals surface area contributed by atoms with Gasteiger partial charge in [-0.05, 0) is 46.9 Å². The van der Waals surface area contributed by atoms with Gasteiger partial charge in [-0.1, -0.05) is 12.1 Å². The molecule has 22 heavy (non-hydrogen) atoms. The van der Waals surface area contributed by atoms with Gasteiger partial charge in [0.15, 0.2) is 6.54 Å². The summed E-state index contributed by atoms with van der Waals surface area (Å²) in [5.41, 5.74) is 2.23. The molecule has 1 fully saturated rings. The molecule has 1 aromatic carbocycles. The molecule has 2 atom stereocenters. The highest BCUT2D eigenvalue weighted by atomic mass is 127. The van der Waals surface area contributed by atoms with Crippen molar-refractivity contribution in [2.45, 2.75) is 18.9 Å². The van der Waals surface area contributed by atoms with Crippen LogP contribution in [0.2, 0.25) is 0 Å². The monoisotopic (exact) mass is 410 g/mol. The van der Waals surface area contributed by atoms with Crippen LogP contribution in [0.15, 0.2) is 42.6 Å². The van der Waals surface area contributed by atoms with Crippen molar-refractivity contribution < 1.29 is 9.69 Å². The van der Waals surface area contributed by atoms with Crippen LogP contribution in [0.1, 0.15) is 24.6 Å². The number of likely N-dealkylation sites (tertiary alicyclic amines) is 1. The number of benzene rings is 1. The van der Waals surface area contributed by atoms with E-state index in [1.165, 1.54) is 17.0 Å². The van der Waals surface area contributed by atoms with Crippen molar-refractivity contribution in [1.29, 1.82) is 0 Å². The lowest BCUT2D eigenvalue weighted by atomic mass is 10.1. The van der Waals surface area contributed by atoms with Gasteiger partial charge in [0.05, 0.1) is 17.9 Å². The molecule has 5 heteroatoms. The third-order valence-electron chi connectivity index (χ3n) is 4.36. The molecule has 1 aliphatic rings. The van der Waals surface area contributed by atoms with Gasteiger partial charge >= 0.3 is 0 Å². The molecule has 2 heterocycles. The highest BCUT2D eigenvalue weighted by Gasteiger charge is 2.32. The van der Waals surface area contributed by atoms with Crippen LogP contribution in [0.4, 0.5) is 5.69 Å². The number of amides is 1. The number of anilines is 1. The summed E-state index contributed by atoms with van der Waals surface area (Å²) in [5, 5.41) is 3.04. The Morgan fingerprint density at radius 3 is 2.91 bits per heavy atom. The van der Waals surface area contributed by atoms with Crippen LogP contribution in [-0.2, 0) is 11.8 Å². The first-order chi connectivity index (χ1) is 10.6. The number of carbonyl (C=O) groups excluding carboxylic acids is 1. The van der Waals surface area contributed by atoms with Crippen LogP contribution in [0, 0.1) is 3.57 Å². The van der Waals surface area contributed by atoms with Crippen LogP contribution >= 0.6 is 22.6 Å². The first-order valence-corrected chi connectivity index (χ1v) is 8.73. The molecule has 0 spiro atoms. The van der Waals surface area contributed by atoms with Crippen LogP contribution < -0.4 is 10.2 Å². The van der Waals surface area contributed by atoms with Gasteiger partial charge in [-0.25, -0.2) is 0 Å². The van der Waals surface area contributed by atoms with Gasteiger partial charge in [0.2, 0.25) is 0 Å². The van der Waals surface area contributed by atoms with E-state index >= 15 is 0 Å². The molecule has 116 valence electrons. The number of nitrogens with zero attached hydrogens (tertiary/aromatic N) is 1. The summed E-state index contributed by atoms with van der Waals surface area (Å²) in [4.78, 5) is 13.7. The standard InChI is InChI=1S/C17H20IN3O/c1-20-10-4-8-15(20)16-9-5-11-21(16)12-17(22)19-14-7-3-2-6-13(14)18/h2-4,6-8,10,16H,5,9,11-12H2,1H3,(H,19,22)/p+1/t16-/m1/s1. The predicted molar refractivity (Wildman–Crippen MR) is 95.9 cm³/mol. The quantitative estimate of drug-likeness (QED) is 0.744. The Kier molecular flexibility index (Phi) is 4.83. The number of nitrogens with one attached hydrogen (secondary N) is 2. The van der Waals surface area contributed by atoms with E-state index in [-0.39, 0.29) is 5.91 Å². The van der Waals surface area contributed by atoms with Gasteiger partial charge in [0, 0.05) is 29.7 Å². The van der Waals surface area contributed by atoms with E-state index in [1.807, 2.05) is 24.3 Å². The van der Waals surface area contributed by atoms with Crippen molar-refractivity contribution in [2.24, 2.45) is 7.05 Å². The molecule has 1 saturated heterocycles. The fourth-order valence-corrected chi connectivity index (χ4v) is 3.80. The van der Waals surface area contributed by atoms with Crippen LogP contribution in [0.5, 0.6) is 0 Å². The molecule has 3 rings (SSSR count). The summed E-state index contributed by atoms with van der Waals surface area (Å²) >= 11 is 2.25. The number of hydrogen-bond donors (Lipinski definition) is 2. The normalized spacial score (nSPS) is 21.0. The minimum atomic E-state index is 0.0974. The average Bonchev–Trinajstić information content (AvgIpc) is 3.10. The summed E-state index contributed by atoms with van der Waals surface area (Å²) in [7, 11) is 2.08. The molecule has 4 nitrogen and oxygen atoms in total. The van der Waals surface area contributed by atoms with Gasteiger partial charge in [0.25, 0.3) is 5.91 Å². The minimum Gasteiger partial charge on any atom is -0.350 e. The van der Waals surface area contributed by atoms with Crippen LogP contribution in [0.3, 0.4) is 0 Å². The number of carbonyl (C=O) groups is 1. The lowest BCUT2D eigenvalue weighted by Gasteiger charge is -2.21. The van der Waals surface area contributed by atoms with Crippen molar-refractivity contribution in [3.8, 4) is 0 Å². The van der Waals surface area contributed by atoms with E-state index in [0.29, 0.717) is 12.6 Å². The third kappa shape index (κ3) is 3.35. The van der Waals surface area contributed by atoms with Crippen molar-refractivity contribution >= 4 is 34.2 Å². The zero-order chi connectivity index (χ0) is 15.5. The summed E-state index contributed by atoms with van der Waals surface area (Å²) in [5.74, 6) is 0.0974. The Morgan fingerprint density at radius 2 is 2.18 bits per heavy atom. The zero-order valence-corrected chi connectivity index (χ0v) is 14.8. The van der Waals surface area contributed by atoms with Gasteiger partial charge < -0.3 is 14.8 Å². The second-order valence-electron chi connectivity index (χ2n) is 5.85. The Labute approximate surface area is 144 Å². The second kappa shape index (κ2) is 6.83. The lowest BCUT2D eigenvalue weighted by Crippen LogP contribution is -3.11. The molecule has 1 aliphatic heterocycles. The van der Waals surface area contributed by atoms with E-state index in [9.17, 15) is 4.79 Å². The highest BCUT2D eigenvalue weighted by molar-refractivity contribution is 14.1.